The summed E-state index contributed by atoms with van der Waals surface area (Å²) in [6, 6.07) is 7.92. The van der Waals surface area contributed by atoms with Crippen molar-refractivity contribution in [1.82, 2.24) is 19.9 Å². The minimum Gasteiger partial charge on any atom is -0.333 e. The van der Waals surface area contributed by atoms with Crippen LogP contribution < -0.4 is 0 Å². The summed E-state index contributed by atoms with van der Waals surface area (Å²) in [5.74, 6) is 0. The first-order chi connectivity index (χ1) is 9.28. The molecular weight excluding hydrogens is 280 g/mol. The third-order valence-electron chi connectivity index (χ3n) is 2.77. The first-order valence-electron chi connectivity index (χ1n) is 5.90. The molecule has 0 radical (unpaired) electrons. The van der Waals surface area contributed by atoms with E-state index in [0.29, 0.717) is 5.15 Å². The quantitative estimate of drug-likeness (QED) is 0.747. The fourth-order valence-electron chi connectivity index (χ4n) is 1.83. The van der Waals surface area contributed by atoms with E-state index in [4.69, 9.17) is 11.6 Å². The second-order valence-electron chi connectivity index (χ2n) is 3.96. The van der Waals surface area contributed by atoms with E-state index < -0.39 is 0 Å². The Balaban J connectivity index is 1.99. The number of aromatic nitrogens is 4. The molecule has 1 N–H and O–H groups in total. The van der Waals surface area contributed by atoms with Gasteiger partial charge in [0.15, 0.2) is 5.16 Å². The number of imidazole rings is 1. The van der Waals surface area contributed by atoms with E-state index in [1.165, 1.54) is 18.1 Å². The maximum absolute atomic E-state index is 6.08. The van der Waals surface area contributed by atoms with Crippen molar-refractivity contribution in [3.05, 3.63) is 41.3 Å². The normalized spacial score (nSPS) is 11.1. The maximum Gasteiger partial charge on any atom is 0.172 e. The first-order valence-corrected chi connectivity index (χ1v) is 7.09. The molecular formula is C13H11ClN4S. The van der Waals surface area contributed by atoms with Crippen LogP contribution in [0.15, 0.2) is 40.8 Å². The van der Waals surface area contributed by atoms with Crippen LogP contribution in [0.3, 0.4) is 0 Å². The molecule has 0 fully saturated rings. The molecule has 0 aliphatic carbocycles. The number of nitrogens with zero attached hydrogens (tertiary/aromatic N) is 3. The summed E-state index contributed by atoms with van der Waals surface area (Å²) in [6.45, 7) is 2.03. The molecule has 0 amide bonds. The van der Waals surface area contributed by atoms with E-state index in [2.05, 4.69) is 19.9 Å². The highest BCUT2D eigenvalue weighted by atomic mass is 35.5. The molecule has 0 atom stereocenters. The molecule has 3 aromatic rings. The standard InChI is InChI=1S/C13H11ClN4S/c1-2-8-11(14)15-7-16-12(8)19-13-17-9-5-3-4-6-10(9)18-13/h3-7H,2H2,1H3,(H,17,18). The van der Waals surface area contributed by atoms with Crippen LogP contribution in [-0.2, 0) is 6.42 Å². The van der Waals surface area contributed by atoms with Gasteiger partial charge >= 0.3 is 0 Å². The number of hydrogen-bond acceptors (Lipinski definition) is 4. The maximum atomic E-state index is 6.08. The van der Waals surface area contributed by atoms with E-state index in [1.807, 2.05) is 31.2 Å². The second-order valence-corrected chi connectivity index (χ2v) is 5.30. The van der Waals surface area contributed by atoms with Gasteiger partial charge in [-0.3, -0.25) is 0 Å². The average molecular weight is 291 g/mol. The molecule has 2 aromatic heterocycles. The van der Waals surface area contributed by atoms with Gasteiger partial charge in [0.2, 0.25) is 0 Å². The van der Waals surface area contributed by atoms with Gasteiger partial charge in [0, 0.05) is 5.56 Å². The summed E-state index contributed by atoms with van der Waals surface area (Å²) in [4.78, 5) is 16.1. The van der Waals surface area contributed by atoms with Gasteiger partial charge in [-0.25, -0.2) is 15.0 Å². The molecule has 4 nitrogen and oxygen atoms in total. The molecule has 0 aliphatic heterocycles. The van der Waals surface area contributed by atoms with Crippen LogP contribution in [0.5, 0.6) is 0 Å². The third kappa shape index (κ3) is 2.43. The van der Waals surface area contributed by atoms with E-state index in [1.54, 1.807) is 0 Å². The zero-order valence-corrected chi connectivity index (χ0v) is 11.8. The highest BCUT2D eigenvalue weighted by molar-refractivity contribution is 7.99. The Labute approximate surface area is 119 Å². The molecule has 2 heterocycles. The Kier molecular flexibility index (Phi) is 3.40. The first kappa shape index (κ1) is 12.4. The minimum atomic E-state index is 0.510. The molecule has 19 heavy (non-hydrogen) atoms. The van der Waals surface area contributed by atoms with Crippen molar-refractivity contribution in [2.45, 2.75) is 23.5 Å². The molecule has 3 rings (SSSR count). The lowest BCUT2D eigenvalue weighted by Gasteiger charge is -2.04. The van der Waals surface area contributed by atoms with Gasteiger partial charge in [-0.05, 0) is 30.3 Å². The molecule has 0 spiro atoms. The van der Waals surface area contributed by atoms with E-state index in [0.717, 1.165) is 33.2 Å². The van der Waals surface area contributed by atoms with Gasteiger partial charge < -0.3 is 4.98 Å². The number of rotatable bonds is 3. The van der Waals surface area contributed by atoms with Crippen LogP contribution in [-0.4, -0.2) is 19.9 Å². The zero-order valence-electron chi connectivity index (χ0n) is 10.2. The predicted octanol–water partition coefficient (Wildman–Crippen LogP) is 3.72. The number of benzene rings is 1. The van der Waals surface area contributed by atoms with Gasteiger partial charge in [0.1, 0.15) is 16.5 Å². The smallest absolute Gasteiger partial charge is 0.172 e. The van der Waals surface area contributed by atoms with Crippen molar-refractivity contribution >= 4 is 34.4 Å². The number of fused-ring (bicyclic) bond motifs is 1. The second kappa shape index (κ2) is 5.19. The van der Waals surface area contributed by atoms with E-state index >= 15 is 0 Å². The molecule has 6 heteroatoms. The monoisotopic (exact) mass is 290 g/mol. The number of nitrogens with one attached hydrogen (secondary N) is 1. The largest absolute Gasteiger partial charge is 0.333 e. The van der Waals surface area contributed by atoms with Crippen molar-refractivity contribution in [3.8, 4) is 0 Å². The van der Waals surface area contributed by atoms with Crippen LogP contribution in [0, 0.1) is 0 Å². The van der Waals surface area contributed by atoms with Crippen LogP contribution in [0.1, 0.15) is 12.5 Å². The molecule has 0 unspecified atom stereocenters. The van der Waals surface area contributed by atoms with Gasteiger partial charge in [0.05, 0.1) is 11.0 Å². The molecule has 0 bridgehead atoms. The third-order valence-corrected chi connectivity index (χ3v) is 4.03. The topological polar surface area (TPSA) is 54.5 Å². The number of H-pyrrole nitrogens is 1. The molecule has 0 aliphatic rings. The number of aromatic amines is 1. The van der Waals surface area contributed by atoms with E-state index in [9.17, 15) is 0 Å². The van der Waals surface area contributed by atoms with Gasteiger partial charge in [-0.15, -0.1) is 0 Å². The molecule has 1 aromatic carbocycles. The molecule has 0 saturated heterocycles. The number of para-hydroxylation sites is 2. The summed E-state index contributed by atoms with van der Waals surface area (Å²) in [6.07, 6.45) is 2.27. The Morgan fingerprint density at radius 2 is 2.11 bits per heavy atom. The fourth-order valence-corrected chi connectivity index (χ4v) is 3.11. The molecule has 0 saturated carbocycles. The fraction of sp³-hybridized carbons (Fsp3) is 0.154. The summed E-state index contributed by atoms with van der Waals surface area (Å²) in [5, 5.41) is 2.17. The lowest BCUT2D eigenvalue weighted by Crippen LogP contribution is -1.94. The Morgan fingerprint density at radius 1 is 1.26 bits per heavy atom. The summed E-state index contributed by atoms with van der Waals surface area (Å²) in [5.41, 5.74) is 2.92. The number of hydrogen-bond donors (Lipinski definition) is 1. The average Bonchev–Trinajstić information content (AvgIpc) is 2.81. The van der Waals surface area contributed by atoms with Crippen molar-refractivity contribution in [1.29, 1.82) is 0 Å². The highest BCUT2D eigenvalue weighted by Gasteiger charge is 2.11. The van der Waals surface area contributed by atoms with Crippen molar-refractivity contribution in [2.24, 2.45) is 0 Å². The lowest BCUT2D eigenvalue weighted by molar-refractivity contribution is 0.937. The van der Waals surface area contributed by atoms with Crippen molar-refractivity contribution in [2.75, 3.05) is 0 Å². The number of halogens is 1. The Bertz CT molecular complexity index is 692. The van der Waals surface area contributed by atoms with Gasteiger partial charge in [-0.2, -0.15) is 0 Å². The summed E-state index contributed by atoms with van der Waals surface area (Å²) in [7, 11) is 0. The summed E-state index contributed by atoms with van der Waals surface area (Å²) < 4.78 is 0. The van der Waals surface area contributed by atoms with Gasteiger partial charge in [0.25, 0.3) is 0 Å². The van der Waals surface area contributed by atoms with Crippen LogP contribution in [0.25, 0.3) is 11.0 Å². The SMILES string of the molecule is CCc1c(Cl)ncnc1Sc1nc2ccccc2[nH]1. The van der Waals surface area contributed by atoms with Crippen LogP contribution in [0.2, 0.25) is 5.15 Å². The van der Waals surface area contributed by atoms with Crippen LogP contribution in [0.4, 0.5) is 0 Å². The Morgan fingerprint density at radius 3 is 2.89 bits per heavy atom. The zero-order chi connectivity index (χ0) is 13.2. The lowest BCUT2D eigenvalue weighted by atomic mass is 10.3. The Hall–Kier alpha value is -1.59. The summed E-state index contributed by atoms with van der Waals surface area (Å²) >= 11 is 7.56. The predicted molar refractivity (Wildman–Crippen MR) is 76.6 cm³/mol. The van der Waals surface area contributed by atoms with E-state index in [-0.39, 0.29) is 0 Å². The minimum absolute atomic E-state index is 0.510. The highest BCUT2D eigenvalue weighted by Crippen LogP contribution is 2.30. The molecule has 96 valence electrons. The van der Waals surface area contributed by atoms with Crippen molar-refractivity contribution < 1.29 is 0 Å². The van der Waals surface area contributed by atoms with Crippen LogP contribution >= 0.6 is 23.4 Å². The van der Waals surface area contributed by atoms with Crippen molar-refractivity contribution in [3.63, 3.8) is 0 Å². The van der Waals surface area contributed by atoms with Gasteiger partial charge in [-0.1, -0.05) is 30.7 Å².